The second kappa shape index (κ2) is 5.57. The molecule has 18 heavy (non-hydrogen) atoms. The predicted octanol–water partition coefficient (Wildman–Crippen LogP) is 3.58. The van der Waals surface area contributed by atoms with Gasteiger partial charge in [0.2, 0.25) is 0 Å². The highest BCUT2D eigenvalue weighted by Gasteiger charge is 2.33. The van der Waals surface area contributed by atoms with Crippen LogP contribution in [0, 0.1) is 0 Å². The van der Waals surface area contributed by atoms with E-state index in [2.05, 4.69) is 42.9 Å². The summed E-state index contributed by atoms with van der Waals surface area (Å²) in [4.78, 5) is 8.44. The molecule has 2 rings (SSSR count). The molecule has 0 saturated carbocycles. The monoisotopic (exact) mass is 267 g/mol. The molecule has 0 spiro atoms. The third kappa shape index (κ3) is 2.86. The van der Waals surface area contributed by atoms with Crippen LogP contribution in [-0.4, -0.2) is 23.6 Å². The van der Waals surface area contributed by atoms with Crippen molar-refractivity contribution in [3.63, 3.8) is 0 Å². The van der Waals surface area contributed by atoms with Gasteiger partial charge in [0.05, 0.1) is 0 Å². The lowest BCUT2D eigenvalue weighted by Gasteiger charge is -2.31. The van der Waals surface area contributed by atoms with Crippen molar-refractivity contribution < 1.29 is 0 Å². The topological polar surface area (TPSA) is 28.2 Å². The Labute approximate surface area is 115 Å². The first-order chi connectivity index (χ1) is 8.54. The molecule has 0 radical (unpaired) electrons. The zero-order valence-electron chi connectivity index (χ0n) is 12.0. The summed E-state index contributed by atoms with van der Waals surface area (Å²) in [7, 11) is 0. The molecule has 1 aromatic heterocycles. The summed E-state index contributed by atoms with van der Waals surface area (Å²) in [6, 6.07) is 0.418. The minimum absolute atomic E-state index is 0.273. The summed E-state index contributed by atoms with van der Waals surface area (Å²) in [5.41, 5.74) is 0.273. The Balaban J connectivity index is 2.06. The maximum absolute atomic E-state index is 4.63. The van der Waals surface area contributed by atoms with Crippen LogP contribution in [0.4, 0.5) is 5.13 Å². The molecule has 1 saturated heterocycles. The highest BCUT2D eigenvalue weighted by molar-refractivity contribution is 7.15. The van der Waals surface area contributed by atoms with Crippen molar-refractivity contribution in [2.24, 2.45) is 0 Å². The first-order valence-electron chi connectivity index (χ1n) is 7.01. The summed E-state index contributed by atoms with van der Waals surface area (Å²) in [5.74, 6) is 0. The number of nitrogens with one attached hydrogen (secondary N) is 1. The van der Waals surface area contributed by atoms with E-state index >= 15 is 0 Å². The van der Waals surface area contributed by atoms with Crippen LogP contribution in [0.15, 0.2) is 6.20 Å². The van der Waals surface area contributed by atoms with Gasteiger partial charge in [0.15, 0.2) is 5.13 Å². The summed E-state index contributed by atoms with van der Waals surface area (Å²) in [5, 5.41) is 4.72. The molecule has 102 valence electrons. The zero-order valence-corrected chi connectivity index (χ0v) is 12.8. The molecule has 1 aromatic rings. The van der Waals surface area contributed by atoms with Gasteiger partial charge in [0.25, 0.3) is 0 Å². The van der Waals surface area contributed by atoms with Gasteiger partial charge >= 0.3 is 0 Å². The SMILES string of the molecule is CCCNC(C)c1cnc(N2CCCC2(C)C)s1. The predicted molar refractivity (Wildman–Crippen MR) is 79.5 cm³/mol. The maximum Gasteiger partial charge on any atom is 0.186 e. The van der Waals surface area contributed by atoms with E-state index in [-0.39, 0.29) is 5.54 Å². The largest absolute Gasteiger partial charge is 0.343 e. The molecule has 1 aliphatic rings. The molecule has 1 aliphatic heterocycles. The average molecular weight is 267 g/mol. The van der Waals surface area contributed by atoms with Crippen LogP contribution in [0.3, 0.4) is 0 Å². The minimum Gasteiger partial charge on any atom is -0.343 e. The van der Waals surface area contributed by atoms with Gasteiger partial charge in [-0.3, -0.25) is 0 Å². The summed E-state index contributed by atoms with van der Waals surface area (Å²) in [6.45, 7) is 11.3. The van der Waals surface area contributed by atoms with Crippen molar-refractivity contribution in [3.8, 4) is 0 Å². The molecule has 0 amide bonds. The third-order valence-corrected chi connectivity index (χ3v) is 4.97. The number of nitrogens with zero attached hydrogens (tertiary/aromatic N) is 2. The Bertz CT molecular complexity index is 386. The summed E-state index contributed by atoms with van der Waals surface area (Å²) in [6.07, 6.45) is 5.77. The lowest BCUT2D eigenvalue weighted by Crippen LogP contribution is -2.37. The number of rotatable bonds is 5. The summed E-state index contributed by atoms with van der Waals surface area (Å²) >= 11 is 1.84. The molecule has 1 unspecified atom stereocenters. The molecule has 0 aromatic carbocycles. The van der Waals surface area contributed by atoms with Crippen molar-refractivity contribution in [1.82, 2.24) is 10.3 Å². The van der Waals surface area contributed by atoms with E-state index in [4.69, 9.17) is 0 Å². The molecule has 3 nitrogen and oxygen atoms in total. The second-order valence-corrected chi connectivity index (χ2v) is 6.83. The minimum atomic E-state index is 0.273. The maximum atomic E-state index is 4.63. The fourth-order valence-electron chi connectivity index (χ4n) is 2.53. The number of thiazole rings is 1. The van der Waals surface area contributed by atoms with Crippen LogP contribution >= 0.6 is 11.3 Å². The van der Waals surface area contributed by atoms with Gasteiger partial charge in [-0.25, -0.2) is 4.98 Å². The molecular weight excluding hydrogens is 242 g/mol. The molecule has 1 N–H and O–H groups in total. The van der Waals surface area contributed by atoms with E-state index in [0.717, 1.165) is 13.1 Å². The Morgan fingerprint density at radius 3 is 2.94 bits per heavy atom. The molecule has 4 heteroatoms. The fraction of sp³-hybridized carbons (Fsp3) is 0.786. The average Bonchev–Trinajstić information content (AvgIpc) is 2.91. The normalized spacial score (nSPS) is 20.3. The first-order valence-corrected chi connectivity index (χ1v) is 7.83. The number of aromatic nitrogens is 1. The van der Waals surface area contributed by atoms with Gasteiger partial charge in [-0.15, -0.1) is 11.3 Å². The van der Waals surface area contributed by atoms with E-state index in [1.54, 1.807) is 0 Å². The highest BCUT2D eigenvalue weighted by atomic mass is 32.1. The second-order valence-electron chi connectivity index (χ2n) is 5.79. The van der Waals surface area contributed by atoms with Gasteiger partial charge in [-0.05, 0) is 46.6 Å². The number of hydrogen-bond donors (Lipinski definition) is 1. The van der Waals surface area contributed by atoms with Crippen LogP contribution in [0.5, 0.6) is 0 Å². The standard InChI is InChI=1S/C14H25N3S/c1-5-8-15-11(2)12-10-16-13(18-12)17-9-6-7-14(17,3)4/h10-11,15H,5-9H2,1-4H3. The van der Waals surface area contributed by atoms with Gasteiger partial charge < -0.3 is 10.2 Å². The van der Waals surface area contributed by atoms with Crippen molar-refractivity contribution in [2.45, 2.75) is 58.5 Å². The molecule has 1 fully saturated rings. The quantitative estimate of drug-likeness (QED) is 0.884. The highest BCUT2D eigenvalue weighted by Crippen LogP contribution is 2.37. The van der Waals surface area contributed by atoms with Crippen LogP contribution < -0.4 is 10.2 Å². The molecule has 1 atom stereocenters. The van der Waals surface area contributed by atoms with Crippen molar-refractivity contribution in [3.05, 3.63) is 11.1 Å². The third-order valence-electron chi connectivity index (χ3n) is 3.77. The van der Waals surface area contributed by atoms with E-state index in [1.807, 2.05) is 17.5 Å². The van der Waals surface area contributed by atoms with Crippen molar-refractivity contribution >= 4 is 16.5 Å². The van der Waals surface area contributed by atoms with Gasteiger partial charge in [0.1, 0.15) is 0 Å². The van der Waals surface area contributed by atoms with E-state index in [0.29, 0.717) is 6.04 Å². The molecule has 0 bridgehead atoms. The Morgan fingerprint density at radius 2 is 2.33 bits per heavy atom. The molecule has 2 heterocycles. The first kappa shape index (κ1) is 13.8. The van der Waals surface area contributed by atoms with Crippen molar-refractivity contribution in [2.75, 3.05) is 18.0 Å². The zero-order chi connectivity index (χ0) is 13.2. The summed E-state index contributed by atoms with van der Waals surface area (Å²) < 4.78 is 0. The molecule has 0 aliphatic carbocycles. The number of hydrogen-bond acceptors (Lipinski definition) is 4. The fourth-order valence-corrected chi connectivity index (χ4v) is 3.66. The van der Waals surface area contributed by atoms with Crippen LogP contribution in [-0.2, 0) is 0 Å². The number of anilines is 1. The van der Waals surface area contributed by atoms with E-state index < -0.39 is 0 Å². The van der Waals surface area contributed by atoms with Gasteiger partial charge in [0, 0.05) is 29.2 Å². The van der Waals surface area contributed by atoms with Crippen LogP contribution in [0.25, 0.3) is 0 Å². The lowest BCUT2D eigenvalue weighted by atomic mass is 10.0. The lowest BCUT2D eigenvalue weighted by molar-refractivity contribution is 0.517. The van der Waals surface area contributed by atoms with E-state index in [9.17, 15) is 0 Å². The Morgan fingerprint density at radius 1 is 1.56 bits per heavy atom. The molecular formula is C14H25N3S. The van der Waals surface area contributed by atoms with Crippen molar-refractivity contribution in [1.29, 1.82) is 0 Å². The van der Waals surface area contributed by atoms with Gasteiger partial charge in [-0.1, -0.05) is 6.92 Å². The Hall–Kier alpha value is -0.610. The van der Waals surface area contributed by atoms with E-state index in [1.165, 1.54) is 29.3 Å². The van der Waals surface area contributed by atoms with Crippen LogP contribution in [0.1, 0.15) is 57.9 Å². The van der Waals surface area contributed by atoms with Crippen LogP contribution in [0.2, 0.25) is 0 Å². The Kier molecular flexibility index (Phi) is 4.28. The van der Waals surface area contributed by atoms with Gasteiger partial charge in [-0.2, -0.15) is 0 Å². The smallest absolute Gasteiger partial charge is 0.186 e.